The molecule has 1 aliphatic heterocycles. The van der Waals surface area contributed by atoms with Gasteiger partial charge in [-0.05, 0) is 20.4 Å². The summed E-state index contributed by atoms with van der Waals surface area (Å²) in [7, 11) is 4.10. The number of carbonyl (C=O) groups excluding carboxylic acids is 2. The molecule has 1 fully saturated rings. The van der Waals surface area contributed by atoms with Crippen LogP contribution in [0.2, 0.25) is 0 Å². The van der Waals surface area contributed by atoms with Crippen molar-refractivity contribution in [3.8, 4) is 0 Å². The molecule has 0 spiro atoms. The number of rotatable bonds is 11. The van der Waals surface area contributed by atoms with Gasteiger partial charge in [0, 0.05) is 71.4 Å². The molecule has 0 N–H and O–H groups in total. The van der Waals surface area contributed by atoms with E-state index >= 15 is 0 Å². The Balaban J connectivity index is 2.15. The van der Waals surface area contributed by atoms with E-state index in [1.807, 2.05) is 18.9 Å². The SMILES string of the molecule is CCCC(=O)OCCC(C)OC(=O)/C=C/N(C)CCN1CCN(C)CC1. The second-order valence-corrected chi connectivity index (χ2v) is 6.95. The molecule has 26 heavy (non-hydrogen) atoms. The first-order valence-electron chi connectivity index (χ1n) is 9.56. The molecule has 1 rings (SSSR count). The van der Waals surface area contributed by atoms with Gasteiger partial charge in [-0.2, -0.15) is 0 Å². The van der Waals surface area contributed by atoms with Crippen molar-refractivity contribution in [2.24, 2.45) is 0 Å². The van der Waals surface area contributed by atoms with Crippen LogP contribution in [0.15, 0.2) is 12.3 Å². The first-order valence-corrected chi connectivity index (χ1v) is 9.56. The highest BCUT2D eigenvalue weighted by Gasteiger charge is 2.13. The maximum atomic E-state index is 11.8. The smallest absolute Gasteiger partial charge is 0.332 e. The molecular formula is C19H35N3O4. The third-order valence-corrected chi connectivity index (χ3v) is 4.39. The van der Waals surface area contributed by atoms with Crippen LogP contribution in [0.1, 0.15) is 33.1 Å². The second-order valence-electron chi connectivity index (χ2n) is 6.95. The van der Waals surface area contributed by atoms with E-state index in [-0.39, 0.29) is 24.6 Å². The summed E-state index contributed by atoms with van der Waals surface area (Å²) >= 11 is 0. The van der Waals surface area contributed by atoms with Gasteiger partial charge in [0.25, 0.3) is 0 Å². The van der Waals surface area contributed by atoms with E-state index in [9.17, 15) is 9.59 Å². The van der Waals surface area contributed by atoms with Gasteiger partial charge in [0.2, 0.25) is 0 Å². The molecule has 0 aliphatic carbocycles. The van der Waals surface area contributed by atoms with Crippen molar-refractivity contribution in [3.63, 3.8) is 0 Å². The summed E-state index contributed by atoms with van der Waals surface area (Å²) < 4.78 is 10.4. The zero-order valence-electron chi connectivity index (χ0n) is 16.8. The molecule has 0 aromatic carbocycles. The summed E-state index contributed by atoms with van der Waals surface area (Å²) in [5.41, 5.74) is 0. The first-order chi connectivity index (χ1) is 12.4. The lowest BCUT2D eigenvalue weighted by atomic mass is 10.3. The third-order valence-electron chi connectivity index (χ3n) is 4.39. The number of hydrogen-bond donors (Lipinski definition) is 0. The highest BCUT2D eigenvalue weighted by molar-refractivity contribution is 5.81. The minimum Gasteiger partial charge on any atom is -0.466 e. The highest BCUT2D eigenvalue weighted by Crippen LogP contribution is 2.02. The summed E-state index contributed by atoms with van der Waals surface area (Å²) in [6.07, 6.45) is 4.63. The lowest BCUT2D eigenvalue weighted by Gasteiger charge is -2.33. The average molecular weight is 370 g/mol. The van der Waals surface area contributed by atoms with Gasteiger partial charge in [-0.25, -0.2) is 4.79 Å². The summed E-state index contributed by atoms with van der Waals surface area (Å²) in [6, 6.07) is 0. The largest absolute Gasteiger partial charge is 0.466 e. The summed E-state index contributed by atoms with van der Waals surface area (Å²) in [4.78, 5) is 29.9. The van der Waals surface area contributed by atoms with E-state index in [2.05, 4.69) is 16.8 Å². The van der Waals surface area contributed by atoms with Crippen molar-refractivity contribution in [2.75, 3.05) is 60.0 Å². The monoisotopic (exact) mass is 369 g/mol. The highest BCUT2D eigenvalue weighted by atomic mass is 16.6. The quantitative estimate of drug-likeness (QED) is 0.402. The Bertz CT molecular complexity index is 448. The van der Waals surface area contributed by atoms with E-state index in [4.69, 9.17) is 9.47 Å². The van der Waals surface area contributed by atoms with Gasteiger partial charge in [-0.1, -0.05) is 6.92 Å². The molecule has 1 heterocycles. The normalized spacial score (nSPS) is 17.2. The molecule has 1 atom stereocenters. The molecule has 1 aliphatic rings. The minimum absolute atomic E-state index is 0.201. The molecule has 0 amide bonds. The Kier molecular flexibility index (Phi) is 11.0. The van der Waals surface area contributed by atoms with Crippen LogP contribution in [0.5, 0.6) is 0 Å². The molecule has 7 heteroatoms. The molecule has 150 valence electrons. The van der Waals surface area contributed by atoms with Gasteiger partial charge < -0.3 is 19.3 Å². The van der Waals surface area contributed by atoms with Crippen LogP contribution < -0.4 is 0 Å². The molecule has 0 aromatic rings. The number of esters is 2. The molecule has 0 radical (unpaired) electrons. The van der Waals surface area contributed by atoms with Crippen molar-refractivity contribution in [2.45, 2.75) is 39.2 Å². The molecular weight excluding hydrogens is 334 g/mol. The number of ether oxygens (including phenoxy) is 2. The summed E-state index contributed by atoms with van der Waals surface area (Å²) in [5.74, 6) is -0.572. The van der Waals surface area contributed by atoms with Crippen molar-refractivity contribution in [3.05, 3.63) is 12.3 Å². The molecule has 0 bridgehead atoms. The van der Waals surface area contributed by atoms with E-state index in [1.54, 1.807) is 13.1 Å². The van der Waals surface area contributed by atoms with E-state index in [0.717, 1.165) is 45.7 Å². The number of carbonyl (C=O) groups is 2. The Labute approximate surface area is 157 Å². The Hall–Kier alpha value is -1.60. The fourth-order valence-corrected chi connectivity index (χ4v) is 2.54. The topological polar surface area (TPSA) is 62.3 Å². The van der Waals surface area contributed by atoms with E-state index in [0.29, 0.717) is 12.8 Å². The molecule has 7 nitrogen and oxygen atoms in total. The standard InChI is InChI=1S/C19H35N3O4/c1-5-6-18(23)25-16-8-17(2)26-19(24)7-9-20(3)10-13-22-14-11-21(4)12-15-22/h7,9,17H,5-6,8,10-16H2,1-4H3/b9-7+. The van der Waals surface area contributed by atoms with E-state index in [1.165, 1.54) is 6.08 Å². The fraction of sp³-hybridized carbons (Fsp3) is 0.789. The fourth-order valence-electron chi connectivity index (χ4n) is 2.54. The van der Waals surface area contributed by atoms with Crippen molar-refractivity contribution in [1.82, 2.24) is 14.7 Å². The van der Waals surface area contributed by atoms with Gasteiger partial charge in [0.1, 0.15) is 6.10 Å². The Morgan fingerprint density at radius 1 is 1.23 bits per heavy atom. The molecule has 0 saturated carbocycles. The van der Waals surface area contributed by atoms with Gasteiger partial charge in [0.05, 0.1) is 6.61 Å². The van der Waals surface area contributed by atoms with Crippen LogP contribution in [-0.2, 0) is 19.1 Å². The molecule has 1 saturated heterocycles. The summed E-state index contributed by atoms with van der Waals surface area (Å²) in [5, 5.41) is 0. The van der Waals surface area contributed by atoms with Gasteiger partial charge in [-0.3, -0.25) is 9.69 Å². The van der Waals surface area contributed by atoms with Gasteiger partial charge >= 0.3 is 11.9 Å². The summed E-state index contributed by atoms with van der Waals surface area (Å²) in [6.45, 7) is 10.3. The predicted molar refractivity (Wildman–Crippen MR) is 102 cm³/mol. The average Bonchev–Trinajstić information content (AvgIpc) is 2.59. The van der Waals surface area contributed by atoms with Crippen LogP contribution in [-0.4, -0.2) is 92.7 Å². The van der Waals surface area contributed by atoms with Crippen LogP contribution in [0.3, 0.4) is 0 Å². The maximum absolute atomic E-state index is 11.8. The Morgan fingerprint density at radius 3 is 2.58 bits per heavy atom. The Morgan fingerprint density at radius 2 is 1.92 bits per heavy atom. The lowest BCUT2D eigenvalue weighted by molar-refractivity contribution is -0.146. The van der Waals surface area contributed by atoms with Gasteiger partial charge in [0.15, 0.2) is 0 Å². The van der Waals surface area contributed by atoms with E-state index < -0.39 is 0 Å². The van der Waals surface area contributed by atoms with Crippen molar-refractivity contribution < 1.29 is 19.1 Å². The zero-order chi connectivity index (χ0) is 19.4. The lowest BCUT2D eigenvalue weighted by Crippen LogP contribution is -2.46. The minimum atomic E-state index is -0.371. The predicted octanol–water partition coefficient (Wildman–Crippen LogP) is 1.34. The maximum Gasteiger partial charge on any atom is 0.332 e. The first kappa shape index (κ1) is 22.4. The number of piperazine rings is 1. The molecule has 0 aromatic heterocycles. The number of nitrogens with zero attached hydrogens (tertiary/aromatic N) is 3. The van der Waals surface area contributed by atoms with Crippen molar-refractivity contribution >= 4 is 11.9 Å². The van der Waals surface area contributed by atoms with Crippen LogP contribution in [0.25, 0.3) is 0 Å². The number of likely N-dealkylation sites (N-methyl/N-ethyl adjacent to an activating group) is 2. The zero-order valence-corrected chi connectivity index (χ0v) is 16.8. The van der Waals surface area contributed by atoms with Crippen LogP contribution in [0.4, 0.5) is 0 Å². The third kappa shape index (κ3) is 10.4. The molecule has 1 unspecified atom stereocenters. The van der Waals surface area contributed by atoms with Crippen LogP contribution in [0, 0.1) is 0 Å². The second kappa shape index (κ2) is 12.7. The number of hydrogen-bond acceptors (Lipinski definition) is 7. The van der Waals surface area contributed by atoms with Crippen molar-refractivity contribution in [1.29, 1.82) is 0 Å². The van der Waals surface area contributed by atoms with Crippen LogP contribution >= 0.6 is 0 Å². The van der Waals surface area contributed by atoms with Gasteiger partial charge in [-0.15, -0.1) is 0 Å².